The van der Waals surface area contributed by atoms with Crippen LogP contribution in [0.3, 0.4) is 0 Å². The van der Waals surface area contributed by atoms with Gasteiger partial charge in [0.05, 0.1) is 24.7 Å². The molecule has 1 amide bonds. The molecule has 6 heteroatoms. The van der Waals surface area contributed by atoms with Gasteiger partial charge >= 0.3 is 0 Å². The molecule has 0 aromatic carbocycles. The van der Waals surface area contributed by atoms with Gasteiger partial charge in [-0.2, -0.15) is 5.48 Å². The Bertz CT molecular complexity index is 413. The lowest BCUT2D eigenvalue weighted by Crippen LogP contribution is -2.22. The average molecular weight is 220 g/mol. The zero-order valence-electron chi connectivity index (χ0n) is 8.86. The molecule has 6 nitrogen and oxygen atoms in total. The van der Waals surface area contributed by atoms with Gasteiger partial charge in [0.1, 0.15) is 5.69 Å². The molecule has 2 heterocycles. The van der Waals surface area contributed by atoms with E-state index < -0.39 is 0 Å². The summed E-state index contributed by atoms with van der Waals surface area (Å²) in [5.41, 5.74) is 4.74. The normalized spacial score (nSPS) is 15.4. The second-order valence-electron chi connectivity index (χ2n) is 3.23. The minimum absolute atomic E-state index is 0.241. The summed E-state index contributed by atoms with van der Waals surface area (Å²) in [4.78, 5) is 24.5. The Balaban J connectivity index is 2.18. The Hall–Kier alpha value is -1.79. The highest BCUT2D eigenvalue weighted by molar-refractivity contribution is 5.91. The monoisotopic (exact) mass is 220 g/mol. The molecule has 1 aromatic rings. The summed E-state index contributed by atoms with van der Waals surface area (Å²) in [6.07, 6.45) is 5.01. The molecule has 0 bridgehead atoms. The molecule has 1 aromatic heterocycles. The molecule has 0 radical (unpaired) electrons. The highest BCUT2D eigenvalue weighted by atomic mass is 16.6. The highest BCUT2D eigenvalue weighted by Crippen LogP contribution is 2.12. The van der Waals surface area contributed by atoms with Crippen molar-refractivity contribution in [2.24, 2.45) is 0 Å². The number of carbonyl (C=O) groups excluding carboxylic acids is 1. The summed E-state index contributed by atoms with van der Waals surface area (Å²) in [5, 5.41) is 2.49. The van der Waals surface area contributed by atoms with Gasteiger partial charge in [0.2, 0.25) is 0 Å². The number of amides is 1. The highest BCUT2D eigenvalue weighted by Gasteiger charge is 2.10. The van der Waals surface area contributed by atoms with Crippen LogP contribution in [0.15, 0.2) is 18.5 Å². The molecule has 0 unspecified atom stereocenters. The predicted octanol–water partition coefficient (Wildman–Crippen LogP) is -0.246. The first kappa shape index (κ1) is 10.7. The maximum absolute atomic E-state index is 11.2. The number of rotatable bonds is 2. The molecule has 0 saturated heterocycles. The van der Waals surface area contributed by atoms with E-state index in [-0.39, 0.29) is 5.91 Å². The molecule has 1 aliphatic rings. The molecule has 0 saturated carbocycles. The first-order valence-corrected chi connectivity index (χ1v) is 4.89. The van der Waals surface area contributed by atoms with Crippen LogP contribution in [0.2, 0.25) is 0 Å². The number of nitrogens with zero attached hydrogens (tertiary/aromatic N) is 2. The molecule has 0 spiro atoms. The van der Waals surface area contributed by atoms with E-state index in [0.717, 1.165) is 11.3 Å². The van der Waals surface area contributed by atoms with Crippen LogP contribution in [-0.2, 0) is 4.84 Å². The number of hydrogen-bond donors (Lipinski definition) is 2. The van der Waals surface area contributed by atoms with E-state index in [0.29, 0.717) is 18.8 Å². The van der Waals surface area contributed by atoms with Gasteiger partial charge < -0.3 is 5.32 Å². The van der Waals surface area contributed by atoms with Crippen LogP contribution < -0.4 is 10.8 Å². The Morgan fingerprint density at radius 3 is 2.94 bits per heavy atom. The second-order valence-corrected chi connectivity index (χ2v) is 3.23. The van der Waals surface area contributed by atoms with Crippen LogP contribution in [-0.4, -0.2) is 36.1 Å². The van der Waals surface area contributed by atoms with Crippen LogP contribution in [0.4, 0.5) is 0 Å². The van der Waals surface area contributed by atoms with Crippen LogP contribution in [0.25, 0.3) is 5.57 Å². The molecular weight excluding hydrogens is 208 g/mol. The van der Waals surface area contributed by atoms with E-state index in [9.17, 15) is 4.79 Å². The second kappa shape index (κ2) is 4.82. The van der Waals surface area contributed by atoms with Crippen LogP contribution >= 0.6 is 0 Å². The zero-order valence-corrected chi connectivity index (χ0v) is 8.86. The number of nitrogens with one attached hydrogen (secondary N) is 2. The maximum atomic E-state index is 11.2. The SMILES string of the molecule is CNC(=O)c1cnc(C2=CCNOC2)cn1. The van der Waals surface area contributed by atoms with Crippen LogP contribution in [0.1, 0.15) is 16.2 Å². The lowest BCUT2D eigenvalue weighted by Gasteiger charge is -2.13. The summed E-state index contributed by atoms with van der Waals surface area (Å²) < 4.78 is 0. The third-order valence-corrected chi connectivity index (χ3v) is 2.20. The summed E-state index contributed by atoms with van der Waals surface area (Å²) in [6.45, 7) is 1.10. The summed E-state index contributed by atoms with van der Waals surface area (Å²) in [7, 11) is 1.56. The molecule has 16 heavy (non-hydrogen) atoms. The van der Waals surface area contributed by atoms with Crippen molar-refractivity contribution in [3.8, 4) is 0 Å². The van der Waals surface area contributed by atoms with Gasteiger partial charge in [-0.15, -0.1) is 0 Å². The standard InChI is InChI=1S/C10H12N4O2/c1-11-10(15)9-5-12-8(4-13-9)7-2-3-14-16-6-7/h2,4-5,14H,3,6H2,1H3,(H,11,15). The van der Waals surface area contributed by atoms with Crippen molar-refractivity contribution in [2.45, 2.75) is 0 Å². The van der Waals surface area contributed by atoms with Gasteiger partial charge in [0, 0.05) is 19.2 Å². The Labute approximate surface area is 92.7 Å². The zero-order chi connectivity index (χ0) is 11.4. The third kappa shape index (κ3) is 2.23. The van der Waals surface area contributed by atoms with E-state index in [2.05, 4.69) is 20.8 Å². The minimum Gasteiger partial charge on any atom is -0.354 e. The Kier molecular flexibility index (Phi) is 3.23. The van der Waals surface area contributed by atoms with Crippen molar-refractivity contribution in [1.82, 2.24) is 20.8 Å². The summed E-state index contributed by atoms with van der Waals surface area (Å²) >= 11 is 0. The van der Waals surface area contributed by atoms with Crippen molar-refractivity contribution < 1.29 is 9.63 Å². The van der Waals surface area contributed by atoms with E-state index in [1.54, 1.807) is 13.2 Å². The molecule has 1 aliphatic heterocycles. The third-order valence-electron chi connectivity index (χ3n) is 2.20. The maximum Gasteiger partial charge on any atom is 0.271 e. The van der Waals surface area contributed by atoms with E-state index >= 15 is 0 Å². The number of hydrogen-bond acceptors (Lipinski definition) is 5. The van der Waals surface area contributed by atoms with Crippen molar-refractivity contribution in [3.05, 3.63) is 29.9 Å². The van der Waals surface area contributed by atoms with Crippen molar-refractivity contribution in [2.75, 3.05) is 20.2 Å². The van der Waals surface area contributed by atoms with Gasteiger partial charge in [-0.05, 0) is 0 Å². The Morgan fingerprint density at radius 1 is 1.50 bits per heavy atom. The number of carbonyl (C=O) groups is 1. The van der Waals surface area contributed by atoms with E-state index in [1.165, 1.54) is 6.20 Å². The van der Waals surface area contributed by atoms with Crippen LogP contribution in [0, 0.1) is 0 Å². The van der Waals surface area contributed by atoms with Crippen LogP contribution in [0.5, 0.6) is 0 Å². The lowest BCUT2D eigenvalue weighted by molar-refractivity contribution is 0.0676. The minimum atomic E-state index is -0.241. The molecule has 2 N–H and O–H groups in total. The molecule has 2 rings (SSSR count). The van der Waals surface area contributed by atoms with Gasteiger partial charge in [0.15, 0.2) is 0 Å². The first-order valence-electron chi connectivity index (χ1n) is 4.89. The molecule has 0 fully saturated rings. The smallest absolute Gasteiger partial charge is 0.271 e. The van der Waals surface area contributed by atoms with Crippen molar-refractivity contribution in [3.63, 3.8) is 0 Å². The molecule has 0 aliphatic carbocycles. The number of hydroxylamine groups is 1. The number of aromatic nitrogens is 2. The Morgan fingerprint density at radius 2 is 2.38 bits per heavy atom. The van der Waals surface area contributed by atoms with Crippen molar-refractivity contribution in [1.29, 1.82) is 0 Å². The quantitative estimate of drug-likeness (QED) is 0.719. The van der Waals surface area contributed by atoms with Gasteiger partial charge in [-0.3, -0.25) is 14.6 Å². The van der Waals surface area contributed by atoms with E-state index in [4.69, 9.17) is 4.84 Å². The molecule has 0 atom stereocenters. The van der Waals surface area contributed by atoms with E-state index in [1.807, 2.05) is 6.08 Å². The summed E-state index contributed by atoms with van der Waals surface area (Å²) in [6, 6.07) is 0. The predicted molar refractivity (Wildman–Crippen MR) is 57.4 cm³/mol. The fourth-order valence-electron chi connectivity index (χ4n) is 1.33. The molecule has 84 valence electrons. The largest absolute Gasteiger partial charge is 0.354 e. The van der Waals surface area contributed by atoms with Gasteiger partial charge in [-0.25, -0.2) is 4.98 Å². The first-order chi connectivity index (χ1) is 7.81. The summed E-state index contributed by atoms with van der Waals surface area (Å²) in [5.74, 6) is -0.241. The van der Waals surface area contributed by atoms with Gasteiger partial charge in [0.25, 0.3) is 5.91 Å². The van der Waals surface area contributed by atoms with Gasteiger partial charge in [-0.1, -0.05) is 6.08 Å². The molecular formula is C10H12N4O2. The fraction of sp³-hybridized carbons (Fsp3) is 0.300. The van der Waals surface area contributed by atoms with Crippen molar-refractivity contribution >= 4 is 11.5 Å². The topological polar surface area (TPSA) is 76.1 Å². The lowest BCUT2D eigenvalue weighted by atomic mass is 10.2. The fourth-order valence-corrected chi connectivity index (χ4v) is 1.33. The average Bonchev–Trinajstić information content (AvgIpc) is 2.39.